The Kier molecular flexibility index (Phi) is 2.29. The molecule has 1 saturated carbocycles. The Bertz CT molecular complexity index is 321. The molecule has 2 atom stereocenters. The Balaban J connectivity index is 1.86. The summed E-state index contributed by atoms with van der Waals surface area (Å²) in [6, 6.07) is 4.18. The van der Waals surface area contributed by atoms with Gasteiger partial charge in [0, 0.05) is 24.5 Å². The number of carboxylic acid groups (broad SMARTS) is 1. The molecule has 1 aliphatic carbocycles. The normalized spacial score (nSPS) is 25.3. The van der Waals surface area contributed by atoms with Gasteiger partial charge in [-0.05, 0) is 25.6 Å². The van der Waals surface area contributed by atoms with E-state index in [1.54, 1.807) is 0 Å². The fourth-order valence-electron chi connectivity index (χ4n) is 1.79. The highest BCUT2D eigenvalue weighted by Crippen LogP contribution is 2.35. The van der Waals surface area contributed by atoms with Gasteiger partial charge in [-0.1, -0.05) is 0 Å². The van der Waals surface area contributed by atoms with E-state index in [4.69, 9.17) is 5.11 Å². The fourth-order valence-corrected chi connectivity index (χ4v) is 1.79. The number of aromatic nitrogens is 1. The maximum Gasteiger partial charge on any atom is 0.308 e. The van der Waals surface area contributed by atoms with E-state index >= 15 is 0 Å². The number of aromatic amines is 1. The minimum atomic E-state index is -0.673. The third-order valence-corrected chi connectivity index (χ3v) is 2.72. The van der Waals surface area contributed by atoms with Gasteiger partial charge in [-0.15, -0.1) is 0 Å². The summed E-state index contributed by atoms with van der Waals surface area (Å²) in [5, 5.41) is 8.76. The molecule has 0 spiro atoms. The Labute approximate surface area is 82.5 Å². The lowest BCUT2D eigenvalue weighted by Crippen LogP contribution is -2.23. The van der Waals surface area contributed by atoms with Gasteiger partial charge in [-0.2, -0.15) is 0 Å². The van der Waals surface area contributed by atoms with Crippen LogP contribution < -0.4 is 0 Å². The van der Waals surface area contributed by atoms with Crippen molar-refractivity contribution < 1.29 is 9.90 Å². The van der Waals surface area contributed by atoms with Crippen LogP contribution in [0.3, 0.4) is 0 Å². The summed E-state index contributed by atoms with van der Waals surface area (Å²) >= 11 is 0. The van der Waals surface area contributed by atoms with Gasteiger partial charge in [-0.3, -0.25) is 9.69 Å². The van der Waals surface area contributed by atoms with E-state index in [1.807, 2.05) is 25.4 Å². The smallest absolute Gasteiger partial charge is 0.308 e. The summed E-state index contributed by atoms with van der Waals surface area (Å²) in [5.41, 5.74) is 1.13. The lowest BCUT2D eigenvalue weighted by atomic mass is 10.3. The highest BCUT2D eigenvalue weighted by atomic mass is 16.4. The lowest BCUT2D eigenvalue weighted by Gasteiger charge is -2.14. The molecule has 2 N–H and O–H groups in total. The minimum Gasteiger partial charge on any atom is -0.481 e. The van der Waals surface area contributed by atoms with Crippen molar-refractivity contribution in [2.75, 3.05) is 7.05 Å². The van der Waals surface area contributed by atoms with Crippen molar-refractivity contribution in [2.24, 2.45) is 5.92 Å². The summed E-state index contributed by atoms with van der Waals surface area (Å²) < 4.78 is 0. The van der Waals surface area contributed by atoms with Crippen LogP contribution >= 0.6 is 0 Å². The first-order chi connectivity index (χ1) is 6.68. The summed E-state index contributed by atoms with van der Waals surface area (Å²) in [7, 11) is 1.97. The second-order valence-corrected chi connectivity index (χ2v) is 3.86. The Hall–Kier alpha value is -1.29. The molecule has 0 radical (unpaired) electrons. The van der Waals surface area contributed by atoms with Gasteiger partial charge in [0.25, 0.3) is 0 Å². The number of hydrogen-bond acceptors (Lipinski definition) is 2. The Morgan fingerprint density at radius 3 is 3.07 bits per heavy atom. The number of hydrogen-bond donors (Lipinski definition) is 2. The van der Waals surface area contributed by atoms with Crippen LogP contribution in [-0.4, -0.2) is 34.0 Å². The molecule has 1 aromatic rings. The lowest BCUT2D eigenvalue weighted by molar-refractivity contribution is -0.138. The minimum absolute atomic E-state index is 0.157. The van der Waals surface area contributed by atoms with Crippen molar-refractivity contribution in [1.29, 1.82) is 0 Å². The largest absolute Gasteiger partial charge is 0.481 e. The van der Waals surface area contributed by atoms with Crippen LogP contribution in [0.2, 0.25) is 0 Å². The fraction of sp³-hybridized carbons (Fsp3) is 0.500. The number of carbonyl (C=O) groups is 1. The molecule has 4 nitrogen and oxygen atoms in total. The number of H-pyrrole nitrogens is 1. The van der Waals surface area contributed by atoms with Crippen molar-refractivity contribution in [1.82, 2.24) is 9.88 Å². The number of nitrogens with zero attached hydrogens (tertiary/aromatic N) is 1. The first-order valence-corrected chi connectivity index (χ1v) is 4.74. The van der Waals surface area contributed by atoms with Crippen molar-refractivity contribution in [2.45, 2.75) is 19.0 Å². The number of nitrogens with one attached hydrogen (secondary N) is 1. The molecule has 1 aliphatic rings. The van der Waals surface area contributed by atoms with Crippen LogP contribution in [0, 0.1) is 5.92 Å². The standard InChI is InChI=1S/C10H14N2O2/c1-12(6-7-3-2-4-11-7)9-5-8(9)10(13)14/h2-4,8-9,11H,5-6H2,1H3,(H,13,14). The topological polar surface area (TPSA) is 56.3 Å². The van der Waals surface area contributed by atoms with Crippen LogP contribution in [0.15, 0.2) is 18.3 Å². The number of aliphatic carboxylic acids is 1. The molecule has 0 amide bonds. The van der Waals surface area contributed by atoms with E-state index < -0.39 is 5.97 Å². The molecule has 1 heterocycles. The average Bonchev–Trinajstić information content (AvgIpc) is 2.80. The number of carboxylic acids is 1. The van der Waals surface area contributed by atoms with Gasteiger partial charge < -0.3 is 10.1 Å². The van der Waals surface area contributed by atoms with Gasteiger partial charge in [0.15, 0.2) is 0 Å². The number of rotatable bonds is 4. The SMILES string of the molecule is CN(Cc1ccc[nH]1)C1CC1C(=O)O. The summed E-state index contributed by atoms with van der Waals surface area (Å²) in [6.45, 7) is 0.793. The highest BCUT2D eigenvalue weighted by Gasteiger charge is 2.45. The summed E-state index contributed by atoms with van der Waals surface area (Å²) in [6.07, 6.45) is 2.66. The molecular formula is C10H14N2O2. The van der Waals surface area contributed by atoms with Crippen LogP contribution in [0.5, 0.6) is 0 Å². The predicted octanol–water partition coefficient (Wildman–Crippen LogP) is 0.920. The van der Waals surface area contributed by atoms with E-state index in [0.717, 1.165) is 18.7 Å². The van der Waals surface area contributed by atoms with E-state index in [9.17, 15) is 4.79 Å². The molecular weight excluding hydrogens is 180 g/mol. The van der Waals surface area contributed by atoms with Crippen LogP contribution in [0.4, 0.5) is 0 Å². The first-order valence-electron chi connectivity index (χ1n) is 4.74. The van der Waals surface area contributed by atoms with E-state index in [0.29, 0.717) is 0 Å². The molecule has 1 fully saturated rings. The molecule has 2 rings (SSSR count). The summed E-state index contributed by atoms with van der Waals surface area (Å²) in [5.74, 6) is -0.830. The van der Waals surface area contributed by atoms with Crippen molar-refractivity contribution in [3.05, 3.63) is 24.0 Å². The maximum atomic E-state index is 10.6. The average molecular weight is 194 g/mol. The molecule has 2 unspecified atom stereocenters. The van der Waals surface area contributed by atoms with Crippen LogP contribution in [-0.2, 0) is 11.3 Å². The monoisotopic (exact) mass is 194 g/mol. The molecule has 0 aliphatic heterocycles. The molecule has 4 heteroatoms. The zero-order valence-corrected chi connectivity index (χ0v) is 8.10. The second kappa shape index (κ2) is 3.46. The zero-order valence-electron chi connectivity index (χ0n) is 8.10. The van der Waals surface area contributed by atoms with Gasteiger partial charge in [0.2, 0.25) is 0 Å². The van der Waals surface area contributed by atoms with E-state index in [2.05, 4.69) is 9.88 Å². The third-order valence-electron chi connectivity index (χ3n) is 2.72. The van der Waals surface area contributed by atoms with E-state index in [-0.39, 0.29) is 12.0 Å². The molecule has 0 bridgehead atoms. The third kappa shape index (κ3) is 1.80. The van der Waals surface area contributed by atoms with Crippen LogP contribution in [0.25, 0.3) is 0 Å². The van der Waals surface area contributed by atoms with Gasteiger partial charge in [0.05, 0.1) is 5.92 Å². The quantitative estimate of drug-likeness (QED) is 0.749. The summed E-state index contributed by atoms with van der Waals surface area (Å²) in [4.78, 5) is 15.8. The molecule has 14 heavy (non-hydrogen) atoms. The molecule has 0 saturated heterocycles. The van der Waals surface area contributed by atoms with Crippen molar-refractivity contribution >= 4 is 5.97 Å². The molecule has 1 aromatic heterocycles. The van der Waals surface area contributed by atoms with Gasteiger partial charge in [-0.25, -0.2) is 0 Å². The van der Waals surface area contributed by atoms with Crippen molar-refractivity contribution in [3.8, 4) is 0 Å². The molecule has 76 valence electrons. The Morgan fingerprint density at radius 1 is 1.79 bits per heavy atom. The second-order valence-electron chi connectivity index (χ2n) is 3.86. The van der Waals surface area contributed by atoms with Crippen molar-refractivity contribution in [3.63, 3.8) is 0 Å². The Morgan fingerprint density at radius 2 is 2.57 bits per heavy atom. The van der Waals surface area contributed by atoms with Gasteiger partial charge >= 0.3 is 5.97 Å². The van der Waals surface area contributed by atoms with Crippen LogP contribution in [0.1, 0.15) is 12.1 Å². The predicted molar refractivity (Wildman–Crippen MR) is 51.8 cm³/mol. The van der Waals surface area contributed by atoms with E-state index in [1.165, 1.54) is 0 Å². The zero-order chi connectivity index (χ0) is 10.1. The molecule has 0 aromatic carbocycles. The first kappa shape index (κ1) is 9.27. The highest BCUT2D eigenvalue weighted by molar-refractivity contribution is 5.74. The maximum absolute atomic E-state index is 10.6. The van der Waals surface area contributed by atoms with Gasteiger partial charge in [0.1, 0.15) is 0 Å².